The van der Waals surface area contributed by atoms with Gasteiger partial charge < -0.3 is 9.84 Å². The van der Waals surface area contributed by atoms with Gasteiger partial charge in [-0.2, -0.15) is 0 Å². The van der Waals surface area contributed by atoms with Crippen molar-refractivity contribution in [3.8, 4) is 5.75 Å². The maximum absolute atomic E-state index is 9.87. The summed E-state index contributed by atoms with van der Waals surface area (Å²) in [6.07, 6.45) is 10.4. The number of rotatable bonds is 9. The van der Waals surface area contributed by atoms with Crippen LogP contribution in [0.25, 0.3) is 0 Å². The van der Waals surface area contributed by atoms with Crippen LogP contribution in [-0.4, -0.2) is 11.7 Å². The van der Waals surface area contributed by atoms with Gasteiger partial charge in [0.05, 0.1) is 6.61 Å². The van der Waals surface area contributed by atoms with Gasteiger partial charge in [-0.25, -0.2) is 0 Å². The Morgan fingerprint density at radius 3 is 2.47 bits per heavy atom. The molecular formula is C17H26O2. The topological polar surface area (TPSA) is 32.8 Å². The largest absolute Gasteiger partial charge is 0.508 e. The van der Waals surface area contributed by atoms with Crippen LogP contribution in [0.1, 0.15) is 69.1 Å². The number of phenolic OH excluding ortho intramolecular Hbond substituents is 1. The van der Waals surface area contributed by atoms with Crippen LogP contribution in [-0.2, 0) is 11.2 Å². The lowest BCUT2D eigenvalue weighted by molar-refractivity contribution is 0.414. The highest BCUT2D eigenvalue weighted by Gasteiger charge is 2.25. The van der Waals surface area contributed by atoms with E-state index in [1.807, 2.05) is 12.1 Å². The highest BCUT2D eigenvalue weighted by atomic mass is 16.6. The number of hydrogen-bond acceptors (Lipinski definition) is 2. The highest BCUT2D eigenvalue weighted by molar-refractivity contribution is 5.38. The predicted octanol–water partition coefficient (Wildman–Crippen LogP) is 4.76. The number of phenols is 1. The number of unbranched alkanes of at least 4 members (excludes halogenated alkanes) is 6. The minimum Gasteiger partial charge on any atom is -0.508 e. The van der Waals surface area contributed by atoms with Crippen LogP contribution in [0.5, 0.6) is 5.75 Å². The minimum absolute atomic E-state index is 0.286. The third-order valence-corrected chi connectivity index (χ3v) is 3.86. The molecule has 1 aromatic carbocycles. The molecule has 1 unspecified atom stereocenters. The van der Waals surface area contributed by atoms with Gasteiger partial charge in [-0.1, -0.05) is 51.5 Å². The molecule has 1 aliphatic rings. The Labute approximate surface area is 116 Å². The van der Waals surface area contributed by atoms with Gasteiger partial charge in [-0.15, -0.1) is 0 Å². The lowest BCUT2D eigenvalue weighted by atomic mass is 10.0. The number of aryl methyl sites for hydroxylation is 1. The number of aromatic hydroxyl groups is 1. The van der Waals surface area contributed by atoms with Gasteiger partial charge in [0.15, 0.2) is 0 Å². The molecule has 106 valence electrons. The fourth-order valence-corrected chi connectivity index (χ4v) is 2.52. The van der Waals surface area contributed by atoms with E-state index >= 15 is 0 Å². The van der Waals surface area contributed by atoms with Gasteiger partial charge in [0, 0.05) is 0 Å². The smallest absolute Gasteiger partial charge is 0.118 e. The normalized spacial score (nSPS) is 17.6. The average molecular weight is 262 g/mol. The van der Waals surface area contributed by atoms with Crippen LogP contribution < -0.4 is 0 Å². The Hall–Kier alpha value is -1.02. The zero-order chi connectivity index (χ0) is 13.5. The summed E-state index contributed by atoms with van der Waals surface area (Å²) >= 11 is 0. The Balaban J connectivity index is 1.68. The SMILES string of the molecule is CCCCCCCCCc1cc(C2CO2)ccc1O. The average Bonchev–Trinajstić information content (AvgIpc) is 3.24. The molecule has 1 aromatic rings. The lowest BCUT2D eigenvalue weighted by Gasteiger charge is -2.07. The molecule has 0 bridgehead atoms. The number of benzene rings is 1. The van der Waals surface area contributed by atoms with Crippen molar-refractivity contribution in [2.24, 2.45) is 0 Å². The first-order valence-corrected chi connectivity index (χ1v) is 7.74. The van der Waals surface area contributed by atoms with Gasteiger partial charge >= 0.3 is 0 Å². The summed E-state index contributed by atoms with van der Waals surface area (Å²) in [6, 6.07) is 5.90. The van der Waals surface area contributed by atoms with E-state index in [0.717, 1.165) is 18.6 Å². The van der Waals surface area contributed by atoms with Crippen LogP contribution >= 0.6 is 0 Å². The van der Waals surface area contributed by atoms with E-state index in [-0.39, 0.29) is 6.10 Å². The Kier molecular flexibility index (Phi) is 5.71. The van der Waals surface area contributed by atoms with Crippen LogP contribution in [0.3, 0.4) is 0 Å². The third-order valence-electron chi connectivity index (χ3n) is 3.86. The van der Waals surface area contributed by atoms with Crippen LogP contribution in [0, 0.1) is 0 Å². The standard InChI is InChI=1S/C17H26O2/c1-2-3-4-5-6-7-8-9-14-12-15(17-13-19-17)10-11-16(14)18/h10-12,17-18H,2-9,13H2,1H3. The number of epoxide rings is 1. The first-order chi connectivity index (χ1) is 9.31. The summed E-state index contributed by atoms with van der Waals surface area (Å²) in [4.78, 5) is 0. The monoisotopic (exact) mass is 262 g/mol. The van der Waals surface area contributed by atoms with E-state index < -0.39 is 0 Å². The third kappa shape index (κ3) is 4.87. The summed E-state index contributed by atoms with van der Waals surface area (Å²) in [7, 11) is 0. The van der Waals surface area contributed by atoms with Crippen molar-refractivity contribution in [3.05, 3.63) is 29.3 Å². The van der Waals surface area contributed by atoms with Gasteiger partial charge in [0.25, 0.3) is 0 Å². The van der Waals surface area contributed by atoms with Crippen molar-refractivity contribution in [1.82, 2.24) is 0 Å². The molecule has 2 heteroatoms. The molecule has 0 aliphatic carbocycles. The molecule has 1 fully saturated rings. The van der Waals surface area contributed by atoms with Gasteiger partial charge in [0.1, 0.15) is 11.9 Å². The van der Waals surface area contributed by atoms with Crippen LogP contribution in [0.2, 0.25) is 0 Å². The molecule has 0 spiro atoms. The zero-order valence-corrected chi connectivity index (χ0v) is 12.0. The maximum Gasteiger partial charge on any atom is 0.118 e. The summed E-state index contributed by atoms with van der Waals surface area (Å²) in [6.45, 7) is 3.08. The van der Waals surface area contributed by atoms with Crippen LogP contribution in [0.4, 0.5) is 0 Å². The van der Waals surface area contributed by atoms with Crippen molar-refractivity contribution in [2.75, 3.05) is 6.61 Å². The lowest BCUT2D eigenvalue weighted by Crippen LogP contribution is -1.90. The van der Waals surface area contributed by atoms with E-state index in [2.05, 4.69) is 13.0 Å². The molecule has 1 aliphatic heterocycles. The van der Waals surface area contributed by atoms with Gasteiger partial charge in [-0.3, -0.25) is 0 Å². The first-order valence-electron chi connectivity index (χ1n) is 7.74. The molecule has 2 nitrogen and oxygen atoms in total. The molecule has 19 heavy (non-hydrogen) atoms. The molecule has 1 N–H and O–H groups in total. The zero-order valence-electron chi connectivity index (χ0n) is 12.0. The van der Waals surface area contributed by atoms with Gasteiger partial charge in [0.2, 0.25) is 0 Å². The summed E-state index contributed by atoms with van der Waals surface area (Å²) < 4.78 is 5.29. The summed E-state index contributed by atoms with van der Waals surface area (Å²) in [5, 5.41) is 9.87. The van der Waals surface area contributed by atoms with Crippen molar-refractivity contribution in [1.29, 1.82) is 0 Å². The van der Waals surface area contributed by atoms with Crippen molar-refractivity contribution in [2.45, 2.75) is 64.4 Å². The number of ether oxygens (including phenoxy) is 1. The first kappa shape index (κ1) is 14.4. The van der Waals surface area contributed by atoms with Crippen molar-refractivity contribution >= 4 is 0 Å². The number of hydrogen-bond donors (Lipinski definition) is 1. The molecule has 2 rings (SSSR count). The van der Waals surface area contributed by atoms with E-state index in [1.54, 1.807) is 0 Å². The maximum atomic E-state index is 9.87. The molecule has 0 amide bonds. The molecule has 1 heterocycles. The van der Waals surface area contributed by atoms with Gasteiger partial charge in [-0.05, 0) is 36.1 Å². The molecule has 0 radical (unpaired) electrons. The Bertz CT molecular complexity index is 383. The minimum atomic E-state index is 0.286. The van der Waals surface area contributed by atoms with E-state index in [9.17, 15) is 5.11 Å². The van der Waals surface area contributed by atoms with E-state index in [4.69, 9.17) is 4.74 Å². The second-order valence-corrected chi connectivity index (χ2v) is 5.58. The van der Waals surface area contributed by atoms with Crippen LogP contribution in [0.15, 0.2) is 18.2 Å². The van der Waals surface area contributed by atoms with Crippen molar-refractivity contribution in [3.63, 3.8) is 0 Å². The molecule has 1 atom stereocenters. The predicted molar refractivity (Wildman–Crippen MR) is 78.5 cm³/mol. The van der Waals surface area contributed by atoms with E-state index in [1.165, 1.54) is 50.5 Å². The highest BCUT2D eigenvalue weighted by Crippen LogP contribution is 2.32. The van der Waals surface area contributed by atoms with Crippen molar-refractivity contribution < 1.29 is 9.84 Å². The van der Waals surface area contributed by atoms with E-state index in [0.29, 0.717) is 5.75 Å². The second-order valence-electron chi connectivity index (χ2n) is 5.58. The Morgan fingerprint density at radius 1 is 1.11 bits per heavy atom. The second kappa shape index (κ2) is 7.54. The molecular weight excluding hydrogens is 236 g/mol. The molecule has 0 aromatic heterocycles. The molecule has 1 saturated heterocycles. The Morgan fingerprint density at radius 2 is 1.79 bits per heavy atom. The quantitative estimate of drug-likeness (QED) is 0.514. The fraction of sp³-hybridized carbons (Fsp3) is 0.647. The molecule has 0 saturated carbocycles. The fourth-order valence-electron chi connectivity index (χ4n) is 2.52. The summed E-state index contributed by atoms with van der Waals surface area (Å²) in [5.74, 6) is 0.440. The summed E-state index contributed by atoms with van der Waals surface area (Å²) in [5.41, 5.74) is 2.30.